The predicted octanol–water partition coefficient (Wildman–Crippen LogP) is 0.811. The molecule has 4 heteroatoms. The van der Waals surface area contributed by atoms with Gasteiger partial charge >= 0.3 is 0 Å². The first-order chi connectivity index (χ1) is 8.21. The molecular formula is C13H18N2O2. The molecule has 17 heavy (non-hydrogen) atoms. The molecule has 0 bridgehead atoms. The summed E-state index contributed by atoms with van der Waals surface area (Å²) in [7, 11) is 0. The fourth-order valence-corrected chi connectivity index (χ4v) is 1.92. The Balaban J connectivity index is 1.88. The molecule has 0 atom stereocenters. The highest BCUT2D eigenvalue weighted by Gasteiger charge is 2.35. The molecule has 1 aliphatic heterocycles. The van der Waals surface area contributed by atoms with E-state index in [2.05, 4.69) is 5.32 Å². The average molecular weight is 234 g/mol. The number of hydrogen-bond donors (Lipinski definition) is 2. The number of hydrogen-bond acceptors (Lipinski definition) is 3. The number of carbonyl (C=O) groups excluding carboxylic acids is 1. The van der Waals surface area contributed by atoms with Crippen LogP contribution >= 0.6 is 0 Å². The van der Waals surface area contributed by atoms with Crippen molar-refractivity contribution in [1.82, 2.24) is 5.32 Å². The highest BCUT2D eigenvalue weighted by atomic mass is 16.5. The Kier molecular flexibility index (Phi) is 3.76. The second-order valence-corrected chi connectivity index (χ2v) is 4.44. The molecule has 1 fully saturated rings. The van der Waals surface area contributed by atoms with Crippen LogP contribution in [-0.2, 0) is 16.1 Å². The van der Waals surface area contributed by atoms with Crippen LogP contribution in [0.1, 0.15) is 18.4 Å². The zero-order valence-electron chi connectivity index (χ0n) is 9.82. The summed E-state index contributed by atoms with van der Waals surface area (Å²) in [6.45, 7) is 1.66. The highest BCUT2D eigenvalue weighted by molar-refractivity contribution is 5.86. The van der Waals surface area contributed by atoms with Crippen molar-refractivity contribution in [2.45, 2.75) is 24.9 Å². The van der Waals surface area contributed by atoms with E-state index in [0.717, 1.165) is 5.56 Å². The van der Waals surface area contributed by atoms with Crippen molar-refractivity contribution in [2.75, 3.05) is 13.2 Å². The van der Waals surface area contributed by atoms with Crippen molar-refractivity contribution in [3.05, 3.63) is 35.9 Å². The number of nitrogens with one attached hydrogen (secondary N) is 1. The van der Waals surface area contributed by atoms with Crippen molar-refractivity contribution in [3.63, 3.8) is 0 Å². The van der Waals surface area contributed by atoms with Gasteiger partial charge in [0.1, 0.15) is 0 Å². The van der Waals surface area contributed by atoms with Gasteiger partial charge in [-0.3, -0.25) is 4.79 Å². The fraction of sp³-hybridized carbons (Fsp3) is 0.462. The molecule has 1 aromatic rings. The number of nitrogens with two attached hydrogens (primary N) is 1. The Bertz CT molecular complexity index is 372. The molecule has 1 aromatic carbocycles. The quantitative estimate of drug-likeness (QED) is 0.813. The first-order valence-electron chi connectivity index (χ1n) is 5.90. The zero-order valence-corrected chi connectivity index (χ0v) is 9.82. The summed E-state index contributed by atoms with van der Waals surface area (Å²) in [4.78, 5) is 12.0. The minimum atomic E-state index is -0.757. The first-order valence-corrected chi connectivity index (χ1v) is 5.90. The van der Waals surface area contributed by atoms with Crippen molar-refractivity contribution < 1.29 is 9.53 Å². The van der Waals surface area contributed by atoms with Crippen LogP contribution in [0.5, 0.6) is 0 Å². The second kappa shape index (κ2) is 5.29. The standard InChI is InChI=1S/C13H18N2O2/c14-13(6-8-17-9-7-13)12(16)15-10-11-4-2-1-3-5-11/h1-5H,6-10,14H2,(H,15,16). The van der Waals surface area contributed by atoms with Crippen LogP contribution in [0.2, 0.25) is 0 Å². The van der Waals surface area contributed by atoms with Gasteiger partial charge in [0.25, 0.3) is 0 Å². The second-order valence-electron chi connectivity index (χ2n) is 4.44. The van der Waals surface area contributed by atoms with E-state index in [9.17, 15) is 4.79 Å². The van der Waals surface area contributed by atoms with Gasteiger partial charge in [0, 0.05) is 19.8 Å². The largest absolute Gasteiger partial charge is 0.381 e. The molecule has 92 valence electrons. The van der Waals surface area contributed by atoms with Crippen LogP contribution < -0.4 is 11.1 Å². The summed E-state index contributed by atoms with van der Waals surface area (Å²) in [6.07, 6.45) is 1.18. The summed E-state index contributed by atoms with van der Waals surface area (Å²) in [5.41, 5.74) is 6.40. The maximum atomic E-state index is 12.0. The van der Waals surface area contributed by atoms with Gasteiger partial charge < -0.3 is 15.8 Å². The number of carbonyl (C=O) groups is 1. The maximum Gasteiger partial charge on any atom is 0.240 e. The summed E-state index contributed by atoms with van der Waals surface area (Å²) < 4.78 is 5.22. The van der Waals surface area contributed by atoms with E-state index in [1.165, 1.54) is 0 Å². The third-order valence-corrected chi connectivity index (χ3v) is 3.13. The molecule has 1 heterocycles. The van der Waals surface area contributed by atoms with E-state index in [0.29, 0.717) is 32.6 Å². The Hall–Kier alpha value is -1.39. The molecule has 0 saturated carbocycles. The van der Waals surface area contributed by atoms with E-state index in [1.807, 2.05) is 30.3 Å². The number of amides is 1. The van der Waals surface area contributed by atoms with Gasteiger partial charge in [-0.05, 0) is 18.4 Å². The third-order valence-electron chi connectivity index (χ3n) is 3.13. The van der Waals surface area contributed by atoms with Crippen LogP contribution in [0.4, 0.5) is 0 Å². The Labute approximate surface area is 101 Å². The molecule has 0 spiro atoms. The van der Waals surface area contributed by atoms with Gasteiger partial charge in [-0.15, -0.1) is 0 Å². The Morgan fingerprint density at radius 3 is 2.59 bits per heavy atom. The Morgan fingerprint density at radius 1 is 1.29 bits per heavy atom. The van der Waals surface area contributed by atoms with Gasteiger partial charge in [0.15, 0.2) is 0 Å². The molecule has 1 saturated heterocycles. The van der Waals surface area contributed by atoms with Crippen molar-refractivity contribution in [3.8, 4) is 0 Å². The number of benzene rings is 1. The van der Waals surface area contributed by atoms with Crippen molar-refractivity contribution in [1.29, 1.82) is 0 Å². The van der Waals surface area contributed by atoms with Gasteiger partial charge in [0.05, 0.1) is 5.54 Å². The minimum Gasteiger partial charge on any atom is -0.381 e. The van der Waals surface area contributed by atoms with E-state index in [4.69, 9.17) is 10.5 Å². The summed E-state index contributed by atoms with van der Waals surface area (Å²) in [5, 5.41) is 2.89. The summed E-state index contributed by atoms with van der Waals surface area (Å²) >= 11 is 0. The average Bonchev–Trinajstić information content (AvgIpc) is 2.38. The lowest BCUT2D eigenvalue weighted by molar-refractivity contribution is -0.129. The van der Waals surface area contributed by atoms with Crippen molar-refractivity contribution in [2.24, 2.45) is 5.73 Å². The van der Waals surface area contributed by atoms with Gasteiger partial charge in [0.2, 0.25) is 5.91 Å². The maximum absolute atomic E-state index is 12.0. The number of ether oxygens (including phenoxy) is 1. The highest BCUT2D eigenvalue weighted by Crippen LogP contribution is 2.17. The van der Waals surface area contributed by atoms with Gasteiger partial charge in [-0.2, -0.15) is 0 Å². The number of rotatable bonds is 3. The van der Waals surface area contributed by atoms with E-state index in [-0.39, 0.29) is 5.91 Å². The van der Waals surface area contributed by atoms with Crippen LogP contribution in [0.15, 0.2) is 30.3 Å². The monoisotopic (exact) mass is 234 g/mol. The van der Waals surface area contributed by atoms with Gasteiger partial charge in [-0.1, -0.05) is 30.3 Å². The zero-order chi connectivity index (χ0) is 12.1. The molecule has 3 N–H and O–H groups in total. The topological polar surface area (TPSA) is 64.4 Å². The molecule has 2 rings (SSSR count). The Morgan fingerprint density at radius 2 is 1.94 bits per heavy atom. The van der Waals surface area contributed by atoms with Crippen LogP contribution in [-0.4, -0.2) is 24.7 Å². The molecule has 0 radical (unpaired) electrons. The summed E-state index contributed by atoms with van der Waals surface area (Å²) in [6, 6.07) is 9.82. The SMILES string of the molecule is NC1(C(=O)NCc2ccccc2)CCOCC1. The van der Waals surface area contributed by atoms with E-state index < -0.39 is 5.54 Å². The van der Waals surface area contributed by atoms with Gasteiger partial charge in [-0.25, -0.2) is 0 Å². The summed E-state index contributed by atoms with van der Waals surface area (Å²) in [5.74, 6) is -0.0790. The third kappa shape index (κ3) is 3.05. The molecule has 0 unspecified atom stereocenters. The van der Waals surface area contributed by atoms with Crippen LogP contribution in [0.3, 0.4) is 0 Å². The molecule has 0 aromatic heterocycles. The molecule has 1 aliphatic rings. The molecule has 0 aliphatic carbocycles. The normalized spacial score (nSPS) is 18.6. The van der Waals surface area contributed by atoms with Crippen LogP contribution in [0.25, 0.3) is 0 Å². The lowest BCUT2D eigenvalue weighted by atomic mass is 9.90. The lowest BCUT2D eigenvalue weighted by Gasteiger charge is -2.31. The van der Waals surface area contributed by atoms with Crippen molar-refractivity contribution >= 4 is 5.91 Å². The van der Waals surface area contributed by atoms with E-state index in [1.54, 1.807) is 0 Å². The fourth-order valence-electron chi connectivity index (χ4n) is 1.92. The lowest BCUT2D eigenvalue weighted by Crippen LogP contribution is -2.56. The predicted molar refractivity (Wildman–Crippen MR) is 65.3 cm³/mol. The molecular weight excluding hydrogens is 216 g/mol. The molecule has 1 amide bonds. The van der Waals surface area contributed by atoms with Crippen LogP contribution in [0, 0.1) is 0 Å². The first kappa shape index (κ1) is 12.1. The molecule has 4 nitrogen and oxygen atoms in total. The van der Waals surface area contributed by atoms with E-state index >= 15 is 0 Å². The minimum absolute atomic E-state index is 0.0790. The smallest absolute Gasteiger partial charge is 0.240 e.